The molecule has 18 heavy (non-hydrogen) atoms. The molecule has 1 N–H and O–H groups in total. The van der Waals surface area contributed by atoms with Gasteiger partial charge in [-0.05, 0) is 12.1 Å². The van der Waals surface area contributed by atoms with Crippen LogP contribution in [-0.4, -0.2) is 36.4 Å². The standard InChI is InChI=1S/C11H12ClF3O2S/c12-9-3-1-2-4-10(9)18-6-8(16)5-17-7-11(13,14)15/h1-4,8,16H,5-7H2. The lowest BCUT2D eigenvalue weighted by Gasteiger charge is -2.12. The predicted molar refractivity (Wildman–Crippen MR) is 65.1 cm³/mol. The van der Waals surface area contributed by atoms with E-state index in [0.29, 0.717) is 5.02 Å². The Morgan fingerprint density at radius 1 is 1.33 bits per heavy atom. The third-order valence-electron chi connectivity index (χ3n) is 1.84. The van der Waals surface area contributed by atoms with Gasteiger partial charge in [0.2, 0.25) is 0 Å². The van der Waals surface area contributed by atoms with Crippen LogP contribution in [0.5, 0.6) is 0 Å². The van der Waals surface area contributed by atoms with Crippen molar-refractivity contribution in [3.63, 3.8) is 0 Å². The minimum Gasteiger partial charge on any atom is -0.390 e. The number of hydrogen-bond donors (Lipinski definition) is 1. The maximum atomic E-state index is 11.8. The predicted octanol–water partition coefficient (Wildman–Crippen LogP) is 3.37. The lowest BCUT2D eigenvalue weighted by Crippen LogP contribution is -2.24. The Morgan fingerprint density at radius 3 is 2.61 bits per heavy atom. The maximum absolute atomic E-state index is 11.8. The monoisotopic (exact) mass is 300 g/mol. The maximum Gasteiger partial charge on any atom is 0.411 e. The first-order valence-electron chi connectivity index (χ1n) is 5.08. The Balaban J connectivity index is 2.25. The van der Waals surface area contributed by atoms with Crippen molar-refractivity contribution in [2.24, 2.45) is 0 Å². The minimum absolute atomic E-state index is 0.224. The van der Waals surface area contributed by atoms with Crippen molar-refractivity contribution in [3.05, 3.63) is 29.3 Å². The summed E-state index contributed by atoms with van der Waals surface area (Å²) in [6.45, 7) is -1.70. The number of alkyl halides is 3. The first-order valence-corrected chi connectivity index (χ1v) is 6.45. The molecule has 1 unspecified atom stereocenters. The molecular weight excluding hydrogens is 289 g/mol. The summed E-state index contributed by atoms with van der Waals surface area (Å²) >= 11 is 7.16. The molecule has 0 fully saturated rings. The third-order valence-corrected chi connectivity index (χ3v) is 3.50. The van der Waals surface area contributed by atoms with Gasteiger partial charge in [0.05, 0.1) is 17.7 Å². The molecule has 0 aromatic heterocycles. The Morgan fingerprint density at radius 2 is 2.00 bits per heavy atom. The van der Waals surface area contributed by atoms with Gasteiger partial charge < -0.3 is 9.84 Å². The van der Waals surface area contributed by atoms with E-state index >= 15 is 0 Å². The topological polar surface area (TPSA) is 29.5 Å². The van der Waals surface area contributed by atoms with E-state index in [-0.39, 0.29) is 12.4 Å². The van der Waals surface area contributed by atoms with Crippen LogP contribution in [0.15, 0.2) is 29.2 Å². The summed E-state index contributed by atoms with van der Waals surface area (Å²) in [6.07, 6.45) is -5.33. The number of aliphatic hydroxyl groups is 1. The summed E-state index contributed by atoms with van der Waals surface area (Å²) in [6, 6.07) is 7.04. The highest BCUT2D eigenvalue weighted by Crippen LogP contribution is 2.27. The molecule has 0 saturated heterocycles. The molecule has 0 amide bonds. The first-order chi connectivity index (χ1) is 8.38. The number of halogens is 4. The van der Waals surface area contributed by atoms with Crippen molar-refractivity contribution in [1.82, 2.24) is 0 Å². The van der Waals surface area contributed by atoms with Crippen molar-refractivity contribution >= 4 is 23.4 Å². The number of rotatable bonds is 6. The number of benzene rings is 1. The molecule has 1 aromatic carbocycles. The van der Waals surface area contributed by atoms with E-state index in [2.05, 4.69) is 4.74 Å². The zero-order valence-electron chi connectivity index (χ0n) is 9.28. The summed E-state index contributed by atoms with van der Waals surface area (Å²) < 4.78 is 39.7. The van der Waals surface area contributed by atoms with Gasteiger partial charge in [0, 0.05) is 10.6 Å². The lowest BCUT2D eigenvalue weighted by atomic mass is 10.4. The molecule has 102 valence electrons. The smallest absolute Gasteiger partial charge is 0.390 e. The molecule has 7 heteroatoms. The Labute approximate surface area is 112 Å². The molecule has 0 spiro atoms. The lowest BCUT2D eigenvalue weighted by molar-refractivity contribution is -0.178. The molecule has 1 aromatic rings. The zero-order valence-corrected chi connectivity index (χ0v) is 10.9. The van der Waals surface area contributed by atoms with Gasteiger partial charge in [0.15, 0.2) is 0 Å². The van der Waals surface area contributed by atoms with Crippen LogP contribution in [0.25, 0.3) is 0 Å². The van der Waals surface area contributed by atoms with E-state index in [4.69, 9.17) is 11.6 Å². The molecule has 0 saturated carbocycles. The van der Waals surface area contributed by atoms with E-state index < -0.39 is 18.9 Å². The van der Waals surface area contributed by atoms with E-state index in [1.54, 1.807) is 24.3 Å². The van der Waals surface area contributed by atoms with Gasteiger partial charge in [-0.3, -0.25) is 0 Å². The molecule has 0 radical (unpaired) electrons. The van der Waals surface area contributed by atoms with Crippen molar-refractivity contribution in [1.29, 1.82) is 0 Å². The quantitative estimate of drug-likeness (QED) is 0.817. The van der Waals surface area contributed by atoms with Gasteiger partial charge in [-0.15, -0.1) is 11.8 Å². The second-order valence-electron chi connectivity index (χ2n) is 3.53. The molecule has 1 rings (SSSR count). The van der Waals surface area contributed by atoms with Gasteiger partial charge in [-0.1, -0.05) is 23.7 Å². The molecule has 0 bridgehead atoms. The number of ether oxygens (including phenoxy) is 1. The van der Waals surface area contributed by atoms with E-state index in [1.807, 2.05) is 0 Å². The fraction of sp³-hybridized carbons (Fsp3) is 0.455. The summed E-state index contributed by atoms with van der Waals surface area (Å²) in [5, 5.41) is 9.99. The SMILES string of the molecule is OC(COCC(F)(F)F)CSc1ccccc1Cl. The van der Waals surface area contributed by atoms with Crippen molar-refractivity contribution in [2.45, 2.75) is 17.2 Å². The van der Waals surface area contributed by atoms with Crippen molar-refractivity contribution < 1.29 is 23.0 Å². The average molecular weight is 301 g/mol. The number of hydrogen-bond acceptors (Lipinski definition) is 3. The van der Waals surface area contributed by atoms with Gasteiger partial charge in [-0.2, -0.15) is 13.2 Å². The van der Waals surface area contributed by atoms with Crippen LogP contribution in [0.1, 0.15) is 0 Å². The van der Waals surface area contributed by atoms with Gasteiger partial charge in [0.1, 0.15) is 6.61 Å². The summed E-state index contributed by atoms with van der Waals surface area (Å²) in [5.41, 5.74) is 0. The Bertz CT molecular complexity index is 374. The number of aliphatic hydroxyl groups excluding tert-OH is 1. The third kappa shape index (κ3) is 6.49. The Kier molecular flexibility index (Phi) is 6.28. The van der Waals surface area contributed by atoms with Gasteiger partial charge >= 0.3 is 6.18 Å². The van der Waals surface area contributed by atoms with Crippen LogP contribution in [0.2, 0.25) is 5.02 Å². The van der Waals surface area contributed by atoms with E-state index in [0.717, 1.165) is 4.90 Å². The van der Waals surface area contributed by atoms with E-state index in [1.165, 1.54) is 11.8 Å². The fourth-order valence-corrected chi connectivity index (χ4v) is 2.25. The van der Waals surface area contributed by atoms with Crippen LogP contribution in [0.4, 0.5) is 13.2 Å². The molecule has 0 heterocycles. The van der Waals surface area contributed by atoms with Crippen LogP contribution in [0, 0.1) is 0 Å². The largest absolute Gasteiger partial charge is 0.411 e. The normalized spacial score (nSPS) is 13.6. The second kappa shape index (κ2) is 7.23. The van der Waals surface area contributed by atoms with Gasteiger partial charge in [-0.25, -0.2) is 0 Å². The highest BCUT2D eigenvalue weighted by Gasteiger charge is 2.27. The van der Waals surface area contributed by atoms with Crippen LogP contribution >= 0.6 is 23.4 Å². The summed E-state index contributed by atoms with van der Waals surface area (Å²) in [7, 11) is 0. The number of thioether (sulfide) groups is 1. The van der Waals surface area contributed by atoms with E-state index in [9.17, 15) is 18.3 Å². The minimum atomic E-state index is -4.37. The first kappa shape index (κ1) is 15.6. The van der Waals surface area contributed by atoms with Crippen LogP contribution in [0.3, 0.4) is 0 Å². The summed E-state index contributed by atoms with van der Waals surface area (Å²) in [5.74, 6) is 0.224. The highest BCUT2D eigenvalue weighted by atomic mass is 35.5. The summed E-state index contributed by atoms with van der Waals surface area (Å²) in [4.78, 5) is 0.772. The fourth-order valence-electron chi connectivity index (χ4n) is 1.11. The second-order valence-corrected chi connectivity index (χ2v) is 4.99. The Hall–Kier alpha value is -0.430. The van der Waals surface area contributed by atoms with Crippen molar-refractivity contribution in [2.75, 3.05) is 19.0 Å². The van der Waals surface area contributed by atoms with Gasteiger partial charge in [0.25, 0.3) is 0 Å². The molecule has 0 aliphatic heterocycles. The molecule has 0 aliphatic rings. The highest BCUT2D eigenvalue weighted by molar-refractivity contribution is 7.99. The van der Waals surface area contributed by atoms with Crippen LogP contribution in [-0.2, 0) is 4.74 Å². The average Bonchev–Trinajstić information content (AvgIpc) is 2.26. The van der Waals surface area contributed by atoms with Crippen LogP contribution < -0.4 is 0 Å². The molecular formula is C11H12ClF3O2S. The molecule has 2 nitrogen and oxygen atoms in total. The zero-order chi connectivity index (χ0) is 13.6. The van der Waals surface area contributed by atoms with Crippen molar-refractivity contribution in [3.8, 4) is 0 Å². The molecule has 0 aliphatic carbocycles. The molecule has 1 atom stereocenters.